The van der Waals surface area contributed by atoms with Crippen molar-refractivity contribution < 1.29 is 12.8 Å². The second kappa shape index (κ2) is 7.23. The van der Waals surface area contributed by atoms with E-state index in [0.29, 0.717) is 48.5 Å². The fourth-order valence-electron chi connectivity index (χ4n) is 2.96. The molecule has 0 atom stereocenters. The number of aromatic nitrogens is 2. The largest absolute Gasteiger partial charge is 0.421 e. The average Bonchev–Trinajstić information content (AvgIpc) is 3.31. The lowest BCUT2D eigenvalue weighted by atomic mass is 10.2. The standard InChI is InChI=1S/C17H17ClN4O3S2/c1-12-19-20-17(25-12)13-9-16(26-11-13)27(23,24)22-7-5-21(6-8-22)15-4-2-3-14(18)10-15/h2-4,9-11H,5-8H2,1H3. The first-order chi connectivity index (χ1) is 12.9. The van der Waals surface area contributed by atoms with Gasteiger partial charge in [-0.2, -0.15) is 4.31 Å². The molecule has 1 aliphatic rings. The molecule has 0 amide bonds. The predicted molar refractivity (Wildman–Crippen MR) is 105 cm³/mol. The van der Waals surface area contributed by atoms with E-state index in [-0.39, 0.29) is 4.21 Å². The average molecular weight is 425 g/mol. The highest BCUT2D eigenvalue weighted by Crippen LogP contribution is 2.30. The Morgan fingerprint density at radius 1 is 1.15 bits per heavy atom. The van der Waals surface area contributed by atoms with Gasteiger partial charge in [0.05, 0.1) is 5.56 Å². The highest BCUT2D eigenvalue weighted by Gasteiger charge is 2.30. The van der Waals surface area contributed by atoms with Gasteiger partial charge in [-0.25, -0.2) is 8.42 Å². The van der Waals surface area contributed by atoms with Gasteiger partial charge in [0.1, 0.15) is 4.21 Å². The Bertz CT molecular complexity index is 1060. The number of benzene rings is 1. The maximum absolute atomic E-state index is 13.0. The zero-order valence-electron chi connectivity index (χ0n) is 14.5. The summed E-state index contributed by atoms with van der Waals surface area (Å²) in [5, 5.41) is 10.1. The molecular weight excluding hydrogens is 408 g/mol. The van der Waals surface area contributed by atoms with Crippen LogP contribution in [0.15, 0.2) is 44.3 Å². The SMILES string of the molecule is Cc1nnc(-c2csc(S(=O)(=O)N3CCN(c4cccc(Cl)c4)CC3)c2)o1. The van der Waals surface area contributed by atoms with E-state index in [9.17, 15) is 8.42 Å². The quantitative estimate of drug-likeness (QED) is 0.639. The maximum atomic E-state index is 13.0. The molecule has 1 saturated heterocycles. The summed E-state index contributed by atoms with van der Waals surface area (Å²) in [5.41, 5.74) is 1.63. The number of hydrogen-bond donors (Lipinski definition) is 0. The fourth-order valence-corrected chi connectivity index (χ4v) is 5.88. The summed E-state index contributed by atoms with van der Waals surface area (Å²) < 4.78 is 33.1. The van der Waals surface area contributed by atoms with Crippen molar-refractivity contribution in [3.8, 4) is 11.5 Å². The first kappa shape index (κ1) is 18.4. The lowest BCUT2D eigenvalue weighted by Crippen LogP contribution is -2.48. The van der Waals surface area contributed by atoms with Gasteiger partial charge in [0.2, 0.25) is 11.8 Å². The van der Waals surface area contributed by atoms with Crippen molar-refractivity contribution in [2.75, 3.05) is 31.1 Å². The molecule has 142 valence electrons. The Kier molecular flexibility index (Phi) is 4.94. The smallest absolute Gasteiger partial charge is 0.252 e. The van der Waals surface area contributed by atoms with Gasteiger partial charge < -0.3 is 9.32 Å². The van der Waals surface area contributed by atoms with E-state index < -0.39 is 10.0 Å². The van der Waals surface area contributed by atoms with E-state index in [1.54, 1.807) is 18.4 Å². The molecule has 0 N–H and O–H groups in total. The Labute approximate surface area is 166 Å². The molecule has 10 heteroatoms. The van der Waals surface area contributed by atoms with Crippen molar-refractivity contribution >= 4 is 38.6 Å². The summed E-state index contributed by atoms with van der Waals surface area (Å²) >= 11 is 7.22. The van der Waals surface area contributed by atoms with E-state index in [0.717, 1.165) is 17.0 Å². The summed E-state index contributed by atoms with van der Waals surface area (Å²) in [6.45, 7) is 3.75. The number of nitrogens with zero attached hydrogens (tertiary/aromatic N) is 4. The van der Waals surface area contributed by atoms with Crippen molar-refractivity contribution in [1.82, 2.24) is 14.5 Å². The number of rotatable bonds is 4. The van der Waals surface area contributed by atoms with Gasteiger partial charge in [0, 0.05) is 49.2 Å². The molecule has 0 radical (unpaired) electrons. The molecule has 0 bridgehead atoms. The van der Waals surface area contributed by atoms with Crippen LogP contribution in [-0.2, 0) is 10.0 Å². The van der Waals surface area contributed by atoms with Crippen LogP contribution >= 0.6 is 22.9 Å². The van der Waals surface area contributed by atoms with E-state index in [2.05, 4.69) is 15.1 Å². The first-order valence-electron chi connectivity index (χ1n) is 8.33. The summed E-state index contributed by atoms with van der Waals surface area (Å²) in [6, 6.07) is 9.19. The van der Waals surface area contributed by atoms with Crippen molar-refractivity contribution in [2.45, 2.75) is 11.1 Å². The molecule has 27 heavy (non-hydrogen) atoms. The summed E-state index contributed by atoms with van der Waals surface area (Å²) in [5.74, 6) is 0.772. The molecule has 1 aliphatic heterocycles. The fraction of sp³-hybridized carbons (Fsp3) is 0.294. The number of piperazine rings is 1. The molecule has 4 rings (SSSR count). The second-order valence-corrected chi connectivity index (χ2v) is 9.66. The van der Waals surface area contributed by atoms with Crippen molar-refractivity contribution in [2.24, 2.45) is 0 Å². The van der Waals surface area contributed by atoms with Crippen LogP contribution in [0.4, 0.5) is 5.69 Å². The zero-order chi connectivity index (χ0) is 19.0. The molecule has 0 spiro atoms. The summed E-state index contributed by atoms with van der Waals surface area (Å²) in [7, 11) is -3.55. The summed E-state index contributed by atoms with van der Waals surface area (Å²) in [6.07, 6.45) is 0. The second-order valence-electron chi connectivity index (χ2n) is 6.15. The predicted octanol–water partition coefficient (Wildman–Crippen LogP) is 3.27. The number of halogens is 1. The minimum Gasteiger partial charge on any atom is -0.421 e. The van der Waals surface area contributed by atoms with Crippen molar-refractivity contribution in [3.05, 3.63) is 46.6 Å². The molecule has 1 aromatic carbocycles. The van der Waals surface area contributed by atoms with Crippen LogP contribution in [0.2, 0.25) is 5.02 Å². The number of sulfonamides is 1. The van der Waals surface area contributed by atoms with Gasteiger partial charge in [0.25, 0.3) is 10.0 Å². The third kappa shape index (κ3) is 3.73. The van der Waals surface area contributed by atoms with Crippen LogP contribution in [0.3, 0.4) is 0 Å². The molecule has 0 saturated carbocycles. The van der Waals surface area contributed by atoms with E-state index in [1.165, 1.54) is 4.31 Å². The van der Waals surface area contributed by atoms with E-state index in [4.69, 9.17) is 16.0 Å². The Hall–Kier alpha value is -1.94. The highest BCUT2D eigenvalue weighted by atomic mass is 35.5. The van der Waals surface area contributed by atoms with Crippen LogP contribution in [0, 0.1) is 6.92 Å². The molecule has 7 nitrogen and oxygen atoms in total. The van der Waals surface area contributed by atoms with Crippen molar-refractivity contribution in [1.29, 1.82) is 0 Å². The lowest BCUT2D eigenvalue weighted by molar-refractivity contribution is 0.386. The minimum atomic E-state index is -3.55. The van der Waals surface area contributed by atoms with Crippen LogP contribution in [0.25, 0.3) is 11.5 Å². The normalized spacial score (nSPS) is 16.0. The number of anilines is 1. The molecule has 1 fully saturated rings. The molecule has 2 aromatic heterocycles. The molecule has 3 aromatic rings. The minimum absolute atomic E-state index is 0.282. The van der Waals surface area contributed by atoms with Crippen LogP contribution in [-0.4, -0.2) is 49.1 Å². The Morgan fingerprint density at radius 3 is 2.59 bits per heavy atom. The van der Waals surface area contributed by atoms with Gasteiger partial charge in [-0.3, -0.25) is 0 Å². The van der Waals surface area contributed by atoms with Gasteiger partial charge in [0.15, 0.2) is 0 Å². The topological polar surface area (TPSA) is 79.5 Å². The first-order valence-corrected chi connectivity index (χ1v) is 11.0. The molecule has 0 unspecified atom stereocenters. The van der Waals surface area contributed by atoms with E-state index in [1.807, 2.05) is 24.3 Å². The third-order valence-corrected chi connectivity index (χ3v) is 7.90. The van der Waals surface area contributed by atoms with Crippen LogP contribution in [0.1, 0.15) is 5.89 Å². The van der Waals surface area contributed by atoms with Gasteiger partial charge in [-0.1, -0.05) is 17.7 Å². The third-order valence-electron chi connectivity index (χ3n) is 4.35. The van der Waals surface area contributed by atoms with Crippen molar-refractivity contribution in [3.63, 3.8) is 0 Å². The Balaban J connectivity index is 1.48. The highest BCUT2D eigenvalue weighted by molar-refractivity contribution is 7.91. The number of hydrogen-bond acceptors (Lipinski definition) is 7. The summed E-state index contributed by atoms with van der Waals surface area (Å²) in [4.78, 5) is 2.14. The van der Waals surface area contributed by atoms with Gasteiger partial charge >= 0.3 is 0 Å². The Morgan fingerprint density at radius 2 is 1.93 bits per heavy atom. The molecule has 0 aliphatic carbocycles. The molecular formula is C17H17ClN4O3S2. The van der Waals surface area contributed by atoms with Gasteiger partial charge in [-0.15, -0.1) is 21.5 Å². The van der Waals surface area contributed by atoms with E-state index >= 15 is 0 Å². The number of aryl methyl sites for hydroxylation is 1. The lowest BCUT2D eigenvalue weighted by Gasteiger charge is -2.35. The zero-order valence-corrected chi connectivity index (χ0v) is 16.9. The number of thiophene rings is 1. The van der Waals surface area contributed by atoms with Gasteiger partial charge in [-0.05, 0) is 24.3 Å². The monoisotopic (exact) mass is 424 g/mol. The maximum Gasteiger partial charge on any atom is 0.252 e. The van der Waals surface area contributed by atoms with Crippen LogP contribution < -0.4 is 4.90 Å². The molecule has 3 heterocycles. The van der Waals surface area contributed by atoms with Crippen LogP contribution in [0.5, 0.6) is 0 Å².